The van der Waals surface area contributed by atoms with Crippen molar-refractivity contribution in [1.29, 1.82) is 0 Å². The molecule has 0 heterocycles. The highest BCUT2D eigenvalue weighted by molar-refractivity contribution is 5.73. The standard InChI is InChI=1S/C12H24N2O4/c1-10(11(15)16)6-5-8-14-12(17)13-7-3-4-9-18-2/h10H,3-9H2,1-2H3,(H,15,16)(H2,13,14,17). The molecular weight excluding hydrogens is 236 g/mol. The van der Waals surface area contributed by atoms with Crippen LogP contribution in [0.1, 0.15) is 32.6 Å². The van der Waals surface area contributed by atoms with Gasteiger partial charge in [0.25, 0.3) is 0 Å². The van der Waals surface area contributed by atoms with E-state index >= 15 is 0 Å². The van der Waals surface area contributed by atoms with Gasteiger partial charge in [0.1, 0.15) is 0 Å². The van der Waals surface area contributed by atoms with Crippen LogP contribution in [-0.2, 0) is 9.53 Å². The lowest BCUT2D eigenvalue weighted by atomic mass is 10.1. The number of ether oxygens (including phenoxy) is 1. The Balaban J connectivity index is 3.34. The first-order valence-corrected chi connectivity index (χ1v) is 6.31. The van der Waals surface area contributed by atoms with E-state index in [1.54, 1.807) is 14.0 Å². The minimum atomic E-state index is -0.794. The summed E-state index contributed by atoms with van der Waals surface area (Å²) >= 11 is 0. The number of unbranched alkanes of at least 4 members (excludes halogenated alkanes) is 1. The lowest BCUT2D eigenvalue weighted by Crippen LogP contribution is -2.36. The van der Waals surface area contributed by atoms with Gasteiger partial charge in [0.15, 0.2) is 0 Å². The molecule has 0 spiro atoms. The Hall–Kier alpha value is -1.30. The fourth-order valence-electron chi connectivity index (χ4n) is 1.37. The van der Waals surface area contributed by atoms with Crippen molar-refractivity contribution in [3.05, 3.63) is 0 Å². The van der Waals surface area contributed by atoms with Gasteiger partial charge in [-0.1, -0.05) is 6.92 Å². The van der Waals surface area contributed by atoms with Gasteiger partial charge in [-0.05, 0) is 25.7 Å². The van der Waals surface area contributed by atoms with Crippen LogP contribution in [0, 0.1) is 5.92 Å². The number of urea groups is 1. The van der Waals surface area contributed by atoms with Crippen LogP contribution in [0.25, 0.3) is 0 Å². The van der Waals surface area contributed by atoms with Crippen LogP contribution in [0.5, 0.6) is 0 Å². The molecule has 0 bridgehead atoms. The molecule has 0 saturated heterocycles. The normalized spacial score (nSPS) is 11.9. The molecule has 0 aliphatic rings. The third-order valence-corrected chi connectivity index (χ3v) is 2.58. The molecule has 2 amide bonds. The summed E-state index contributed by atoms with van der Waals surface area (Å²) in [6, 6.07) is -0.199. The molecule has 0 radical (unpaired) electrons. The first-order valence-electron chi connectivity index (χ1n) is 6.31. The van der Waals surface area contributed by atoms with E-state index in [1.165, 1.54) is 0 Å². The van der Waals surface area contributed by atoms with E-state index in [4.69, 9.17) is 9.84 Å². The third kappa shape index (κ3) is 9.89. The van der Waals surface area contributed by atoms with Gasteiger partial charge in [-0.2, -0.15) is 0 Å². The molecule has 0 aliphatic carbocycles. The number of hydrogen-bond acceptors (Lipinski definition) is 3. The number of carbonyl (C=O) groups excluding carboxylic acids is 1. The van der Waals surface area contributed by atoms with Crippen molar-refractivity contribution in [3.63, 3.8) is 0 Å². The molecule has 3 N–H and O–H groups in total. The largest absolute Gasteiger partial charge is 0.481 e. The average molecular weight is 260 g/mol. The van der Waals surface area contributed by atoms with E-state index in [1.807, 2.05) is 0 Å². The summed E-state index contributed by atoms with van der Waals surface area (Å²) in [5.74, 6) is -1.15. The average Bonchev–Trinajstić information content (AvgIpc) is 2.34. The summed E-state index contributed by atoms with van der Waals surface area (Å²) in [6.07, 6.45) is 3.05. The summed E-state index contributed by atoms with van der Waals surface area (Å²) < 4.78 is 4.89. The maximum Gasteiger partial charge on any atom is 0.314 e. The maximum atomic E-state index is 11.3. The first-order chi connectivity index (χ1) is 8.57. The molecule has 0 aliphatic heterocycles. The first kappa shape index (κ1) is 16.7. The number of amides is 2. The summed E-state index contributed by atoms with van der Waals surface area (Å²) in [5, 5.41) is 14.1. The van der Waals surface area contributed by atoms with Crippen LogP contribution in [0.4, 0.5) is 4.79 Å². The SMILES string of the molecule is COCCCCNC(=O)NCCCC(C)C(=O)O. The highest BCUT2D eigenvalue weighted by atomic mass is 16.5. The van der Waals surface area contributed by atoms with Crippen LogP contribution in [0.2, 0.25) is 0 Å². The highest BCUT2D eigenvalue weighted by Gasteiger charge is 2.09. The van der Waals surface area contributed by atoms with E-state index in [0.29, 0.717) is 32.5 Å². The van der Waals surface area contributed by atoms with Gasteiger partial charge in [-0.25, -0.2) is 4.79 Å². The summed E-state index contributed by atoms with van der Waals surface area (Å²) in [5.41, 5.74) is 0. The monoisotopic (exact) mass is 260 g/mol. The van der Waals surface area contributed by atoms with Gasteiger partial charge < -0.3 is 20.5 Å². The predicted molar refractivity (Wildman–Crippen MR) is 68.5 cm³/mol. The van der Waals surface area contributed by atoms with Crippen molar-refractivity contribution in [2.75, 3.05) is 26.8 Å². The number of carbonyl (C=O) groups is 2. The van der Waals surface area contributed by atoms with E-state index in [2.05, 4.69) is 10.6 Å². The zero-order valence-corrected chi connectivity index (χ0v) is 11.2. The summed E-state index contributed by atoms with van der Waals surface area (Å²) in [7, 11) is 1.65. The van der Waals surface area contributed by atoms with Crippen molar-refractivity contribution in [3.8, 4) is 0 Å². The number of rotatable bonds is 10. The Bertz CT molecular complexity index is 246. The molecule has 0 fully saturated rings. The Morgan fingerprint density at radius 2 is 1.78 bits per heavy atom. The topological polar surface area (TPSA) is 87.7 Å². The number of carboxylic acids is 1. The third-order valence-electron chi connectivity index (χ3n) is 2.58. The van der Waals surface area contributed by atoms with E-state index < -0.39 is 5.97 Å². The Kier molecular flexibility index (Phi) is 10.0. The molecule has 6 nitrogen and oxygen atoms in total. The molecule has 1 unspecified atom stereocenters. The molecule has 6 heteroatoms. The molecule has 18 heavy (non-hydrogen) atoms. The zero-order chi connectivity index (χ0) is 13.8. The molecule has 0 aromatic rings. The van der Waals surface area contributed by atoms with Crippen LogP contribution < -0.4 is 10.6 Å². The predicted octanol–water partition coefficient (Wildman–Crippen LogP) is 1.21. The van der Waals surface area contributed by atoms with Crippen LogP contribution in [0.15, 0.2) is 0 Å². The highest BCUT2D eigenvalue weighted by Crippen LogP contribution is 2.03. The van der Waals surface area contributed by atoms with Gasteiger partial charge in [-0.3, -0.25) is 4.79 Å². The summed E-state index contributed by atoms with van der Waals surface area (Å²) in [6.45, 7) is 3.50. The van der Waals surface area contributed by atoms with Gasteiger partial charge in [0, 0.05) is 26.8 Å². The van der Waals surface area contributed by atoms with Crippen LogP contribution in [-0.4, -0.2) is 43.9 Å². The Morgan fingerprint density at radius 3 is 2.33 bits per heavy atom. The quantitative estimate of drug-likeness (QED) is 0.515. The van der Waals surface area contributed by atoms with Crippen LogP contribution >= 0.6 is 0 Å². The zero-order valence-electron chi connectivity index (χ0n) is 11.2. The second kappa shape index (κ2) is 10.8. The molecule has 106 valence electrons. The molecular formula is C12H24N2O4. The minimum absolute atomic E-state index is 0.199. The van der Waals surface area contributed by atoms with Crippen molar-refractivity contribution in [2.24, 2.45) is 5.92 Å². The molecule has 0 saturated carbocycles. The lowest BCUT2D eigenvalue weighted by Gasteiger charge is -2.08. The molecule has 0 aromatic carbocycles. The number of carboxylic acid groups (broad SMARTS) is 1. The maximum absolute atomic E-state index is 11.3. The molecule has 0 rings (SSSR count). The van der Waals surface area contributed by atoms with Crippen molar-refractivity contribution in [1.82, 2.24) is 10.6 Å². The van der Waals surface area contributed by atoms with Gasteiger partial charge in [-0.15, -0.1) is 0 Å². The minimum Gasteiger partial charge on any atom is -0.481 e. The van der Waals surface area contributed by atoms with Crippen molar-refractivity contribution in [2.45, 2.75) is 32.6 Å². The second-order valence-corrected chi connectivity index (χ2v) is 4.26. The van der Waals surface area contributed by atoms with Gasteiger partial charge in [0.2, 0.25) is 0 Å². The van der Waals surface area contributed by atoms with Crippen molar-refractivity contribution < 1.29 is 19.4 Å². The lowest BCUT2D eigenvalue weighted by molar-refractivity contribution is -0.141. The summed E-state index contributed by atoms with van der Waals surface area (Å²) in [4.78, 5) is 21.8. The van der Waals surface area contributed by atoms with E-state index in [9.17, 15) is 9.59 Å². The smallest absolute Gasteiger partial charge is 0.314 e. The van der Waals surface area contributed by atoms with Gasteiger partial charge >= 0.3 is 12.0 Å². The Morgan fingerprint density at radius 1 is 1.17 bits per heavy atom. The second-order valence-electron chi connectivity index (χ2n) is 4.26. The van der Waals surface area contributed by atoms with Crippen LogP contribution in [0.3, 0.4) is 0 Å². The Labute approximate surface area is 108 Å². The fraction of sp³-hybridized carbons (Fsp3) is 0.833. The number of nitrogens with one attached hydrogen (secondary N) is 2. The molecule has 0 aromatic heterocycles. The number of aliphatic carboxylic acids is 1. The van der Waals surface area contributed by atoms with E-state index in [0.717, 1.165) is 12.8 Å². The van der Waals surface area contributed by atoms with Gasteiger partial charge in [0.05, 0.1) is 5.92 Å². The fourth-order valence-corrected chi connectivity index (χ4v) is 1.37. The van der Waals surface area contributed by atoms with Crippen molar-refractivity contribution >= 4 is 12.0 Å². The van der Waals surface area contributed by atoms with E-state index in [-0.39, 0.29) is 11.9 Å². The number of methoxy groups -OCH3 is 1. The molecule has 1 atom stereocenters. The number of hydrogen-bond donors (Lipinski definition) is 3.